The summed E-state index contributed by atoms with van der Waals surface area (Å²) >= 11 is 12.4. The molecule has 6 atom stereocenters. The standard InChI is InChI=1S/C26H22Cl2N2O4/c1-34-15-5-3-14(4-6-15)29(24(31)18-7-2-13(27)10-21(18)28)12-30-25(32)22-16-8-9-17(20-11-19(16)20)23(22)26(30)33/h2-10,16-17,19-20,22-23H,11-12H2,1H3. The van der Waals surface area contributed by atoms with Gasteiger partial charge in [-0.2, -0.15) is 0 Å². The molecule has 0 spiro atoms. The molecule has 34 heavy (non-hydrogen) atoms. The Bertz CT molecular complexity index is 1210. The third-order valence-electron chi connectivity index (χ3n) is 7.83. The van der Waals surface area contributed by atoms with E-state index in [1.165, 1.54) is 15.9 Å². The van der Waals surface area contributed by atoms with E-state index in [1.807, 2.05) is 0 Å². The second-order valence-corrected chi connectivity index (χ2v) is 10.3. The summed E-state index contributed by atoms with van der Waals surface area (Å²) in [5.74, 6) is 0.459. The number of hydrogen-bond acceptors (Lipinski definition) is 4. The number of carbonyl (C=O) groups is 3. The van der Waals surface area contributed by atoms with Crippen LogP contribution in [0.3, 0.4) is 0 Å². The number of rotatable bonds is 5. The summed E-state index contributed by atoms with van der Waals surface area (Å²) < 4.78 is 5.24. The molecule has 2 bridgehead atoms. The van der Waals surface area contributed by atoms with Gasteiger partial charge in [-0.3, -0.25) is 24.2 Å². The zero-order valence-electron chi connectivity index (χ0n) is 18.4. The molecule has 1 saturated heterocycles. The predicted molar refractivity (Wildman–Crippen MR) is 128 cm³/mol. The molecule has 7 rings (SSSR count). The number of methoxy groups -OCH3 is 1. The van der Waals surface area contributed by atoms with Crippen molar-refractivity contribution >= 4 is 46.6 Å². The minimum atomic E-state index is -0.425. The van der Waals surface area contributed by atoms with Crippen LogP contribution in [0.1, 0.15) is 16.8 Å². The molecule has 0 radical (unpaired) electrons. The van der Waals surface area contributed by atoms with Gasteiger partial charge in [-0.1, -0.05) is 35.4 Å². The van der Waals surface area contributed by atoms with Crippen molar-refractivity contribution < 1.29 is 19.1 Å². The first-order valence-electron chi connectivity index (χ1n) is 11.3. The quantitative estimate of drug-likeness (QED) is 0.445. The van der Waals surface area contributed by atoms with E-state index in [1.54, 1.807) is 43.5 Å². The number of likely N-dealkylation sites (tertiary alicyclic amines) is 1. The van der Waals surface area contributed by atoms with E-state index >= 15 is 0 Å². The van der Waals surface area contributed by atoms with Crippen LogP contribution in [0.25, 0.3) is 0 Å². The average Bonchev–Trinajstić information content (AvgIpc) is 3.62. The van der Waals surface area contributed by atoms with Crippen molar-refractivity contribution in [2.24, 2.45) is 35.5 Å². The number of allylic oxidation sites excluding steroid dienone is 2. The lowest BCUT2D eigenvalue weighted by molar-refractivity contribution is -0.140. The Morgan fingerprint density at radius 2 is 1.62 bits per heavy atom. The smallest absolute Gasteiger partial charge is 0.261 e. The Labute approximate surface area is 207 Å². The molecule has 2 aromatic rings. The Hall–Kier alpha value is -2.83. The fourth-order valence-corrected chi connectivity index (χ4v) is 6.62. The van der Waals surface area contributed by atoms with E-state index in [0.717, 1.165) is 6.42 Å². The van der Waals surface area contributed by atoms with E-state index in [4.69, 9.17) is 27.9 Å². The number of nitrogens with zero attached hydrogens (tertiary/aromatic N) is 2. The van der Waals surface area contributed by atoms with Gasteiger partial charge in [-0.05, 0) is 72.6 Å². The highest BCUT2D eigenvalue weighted by molar-refractivity contribution is 6.37. The number of benzene rings is 2. The number of ether oxygens (including phenoxy) is 1. The number of hydrogen-bond donors (Lipinski definition) is 0. The summed E-state index contributed by atoms with van der Waals surface area (Å²) in [5.41, 5.74) is 0.762. The maximum atomic E-state index is 13.7. The summed E-state index contributed by atoms with van der Waals surface area (Å²) in [6.07, 6.45) is 5.37. The zero-order valence-corrected chi connectivity index (χ0v) is 19.9. The van der Waals surface area contributed by atoms with Crippen molar-refractivity contribution in [2.75, 3.05) is 18.7 Å². The molecule has 6 unspecified atom stereocenters. The number of amides is 3. The minimum Gasteiger partial charge on any atom is -0.497 e. The number of carbonyl (C=O) groups excluding carboxylic acids is 3. The monoisotopic (exact) mass is 496 g/mol. The minimum absolute atomic E-state index is 0.122. The lowest BCUT2D eigenvalue weighted by Crippen LogP contribution is -2.45. The first-order valence-corrected chi connectivity index (χ1v) is 12.1. The second kappa shape index (κ2) is 7.85. The van der Waals surface area contributed by atoms with Crippen LogP contribution < -0.4 is 9.64 Å². The summed E-state index contributed by atoms with van der Waals surface area (Å²) in [7, 11) is 1.56. The molecule has 3 fully saturated rings. The summed E-state index contributed by atoms with van der Waals surface area (Å²) in [4.78, 5) is 43.4. The van der Waals surface area contributed by atoms with Crippen LogP contribution in [0.2, 0.25) is 10.0 Å². The van der Waals surface area contributed by atoms with Crippen LogP contribution in [0, 0.1) is 35.5 Å². The van der Waals surface area contributed by atoms with E-state index in [0.29, 0.717) is 28.3 Å². The molecule has 2 aromatic carbocycles. The molecule has 1 heterocycles. The van der Waals surface area contributed by atoms with E-state index in [9.17, 15) is 14.4 Å². The van der Waals surface area contributed by atoms with Gasteiger partial charge in [0.15, 0.2) is 0 Å². The Morgan fingerprint density at radius 3 is 2.18 bits per heavy atom. The summed E-state index contributed by atoms with van der Waals surface area (Å²) in [6, 6.07) is 11.5. The molecule has 2 saturated carbocycles. The maximum Gasteiger partial charge on any atom is 0.261 e. The molecule has 8 heteroatoms. The molecule has 6 nitrogen and oxygen atoms in total. The van der Waals surface area contributed by atoms with Crippen molar-refractivity contribution in [3.63, 3.8) is 0 Å². The largest absolute Gasteiger partial charge is 0.497 e. The third kappa shape index (κ3) is 3.19. The van der Waals surface area contributed by atoms with Crippen LogP contribution in [0.4, 0.5) is 5.69 Å². The van der Waals surface area contributed by atoms with Gasteiger partial charge in [0, 0.05) is 10.7 Å². The van der Waals surface area contributed by atoms with Crippen molar-refractivity contribution in [2.45, 2.75) is 6.42 Å². The Kier molecular flexibility index (Phi) is 5.01. The van der Waals surface area contributed by atoms with Gasteiger partial charge in [0.05, 0.1) is 29.5 Å². The van der Waals surface area contributed by atoms with Crippen molar-refractivity contribution in [1.82, 2.24) is 4.90 Å². The predicted octanol–water partition coefficient (Wildman–Crippen LogP) is 4.66. The Balaban J connectivity index is 1.35. The molecular weight excluding hydrogens is 475 g/mol. The topological polar surface area (TPSA) is 66.9 Å². The van der Waals surface area contributed by atoms with Crippen LogP contribution >= 0.6 is 23.2 Å². The molecular formula is C26H22Cl2N2O4. The molecule has 0 aromatic heterocycles. The normalized spacial score (nSPS) is 30.3. The first-order chi connectivity index (χ1) is 16.4. The van der Waals surface area contributed by atoms with Crippen LogP contribution in [0.15, 0.2) is 54.6 Å². The molecule has 174 valence electrons. The molecule has 4 aliphatic carbocycles. The number of imide groups is 1. The van der Waals surface area contributed by atoms with E-state index < -0.39 is 5.91 Å². The zero-order chi connectivity index (χ0) is 23.7. The fourth-order valence-electron chi connectivity index (χ4n) is 6.13. The van der Waals surface area contributed by atoms with Crippen molar-refractivity contribution in [1.29, 1.82) is 0 Å². The van der Waals surface area contributed by atoms with Crippen molar-refractivity contribution in [3.8, 4) is 5.75 Å². The van der Waals surface area contributed by atoms with E-state index in [2.05, 4.69) is 12.2 Å². The number of halogens is 2. The van der Waals surface area contributed by atoms with Crippen LogP contribution in [-0.4, -0.2) is 36.4 Å². The molecule has 3 amide bonds. The third-order valence-corrected chi connectivity index (χ3v) is 8.38. The van der Waals surface area contributed by atoms with Gasteiger partial charge in [0.1, 0.15) is 12.4 Å². The van der Waals surface area contributed by atoms with Gasteiger partial charge in [0.2, 0.25) is 11.8 Å². The van der Waals surface area contributed by atoms with Gasteiger partial charge in [-0.25, -0.2) is 0 Å². The lowest BCUT2D eigenvalue weighted by Gasteiger charge is -2.37. The van der Waals surface area contributed by atoms with Gasteiger partial charge in [0.25, 0.3) is 5.91 Å². The Morgan fingerprint density at radius 1 is 1.00 bits per heavy atom. The maximum absolute atomic E-state index is 13.7. The average molecular weight is 497 g/mol. The van der Waals surface area contributed by atoms with Gasteiger partial charge < -0.3 is 4.74 Å². The number of anilines is 1. The SMILES string of the molecule is COc1ccc(N(CN2C(=O)C3C4C=CC(C5CC45)C3C2=O)C(=O)c2ccc(Cl)cc2Cl)cc1. The molecule has 5 aliphatic rings. The highest BCUT2D eigenvalue weighted by Gasteiger charge is 2.67. The summed E-state index contributed by atoms with van der Waals surface area (Å²) in [6.45, 7) is -0.177. The second-order valence-electron chi connectivity index (χ2n) is 9.46. The fraction of sp³-hybridized carbons (Fsp3) is 0.346. The summed E-state index contributed by atoms with van der Waals surface area (Å²) in [5, 5.41) is 0.610. The van der Waals surface area contributed by atoms with Crippen molar-refractivity contribution in [3.05, 3.63) is 70.2 Å². The molecule has 1 aliphatic heterocycles. The van der Waals surface area contributed by atoms with Crippen LogP contribution in [-0.2, 0) is 9.59 Å². The van der Waals surface area contributed by atoms with Gasteiger partial charge >= 0.3 is 0 Å². The molecule has 0 N–H and O–H groups in total. The lowest BCUT2D eigenvalue weighted by atomic mass is 9.63. The van der Waals surface area contributed by atoms with Gasteiger partial charge in [-0.15, -0.1) is 0 Å². The van der Waals surface area contributed by atoms with Crippen LogP contribution in [0.5, 0.6) is 5.75 Å². The van der Waals surface area contributed by atoms with E-state index in [-0.39, 0.29) is 52.7 Å². The highest BCUT2D eigenvalue weighted by atomic mass is 35.5. The first kappa shape index (κ1) is 21.7. The highest BCUT2D eigenvalue weighted by Crippen LogP contribution is 2.65.